The Balaban J connectivity index is 3.70. The first-order chi connectivity index (χ1) is 3.66. The average Bonchev–Trinajstić information content (AvgIpc) is 1.65. The van der Waals surface area contributed by atoms with Crippen LogP contribution in [0.4, 0.5) is 0 Å². The van der Waals surface area contributed by atoms with Crippen molar-refractivity contribution in [1.29, 1.82) is 0 Å². The third-order valence-electron chi connectivity index (χ3n) is 0.712. The Hall–Kier alpha value is -0.720. The van der Waals surface area contributed by atoms with Crippen molar-refractivity contribution in [2.24, 2.45) is 0 Å². The zero-order chi connectivity index (χ0) is 6.57. The highest BCUT2D eigenvalue weighted by Gasteiger charge is 1.81. The number of rotatable bonds is 2. The zero-order valence-corrected chi connectivity index (χ0v) is 5.69. The molecule has 0 N–H and O–H groups in total. The summed E-state index contributed by atoms with van der Waals surface area (Å²) in [5, 5.41) is 0. The molecule has 0 aliphatic carbocycles. The summed E-state index contributed by atoms with van der Waals surface area (Å²) in [6.45, 7) is 7.62. The normalized spacial score (nSPS) is 7.88. The molecule has 0 saturated carbocycles. The third-order valence-corrected chi connectivity index (χ3v) is 0.712. The van der Waals surface area contributed by atoms with E-state index >= 15 is 0 Å². The number of hydrogen-bond donors (Lipinski definition) is 0. The minimum Gasteiger partial charge on any atom is -0.497 e. The molecule has 1 heteroatoms. The number of ether oxygens (including phenoxy) is 1. The molecule has 0 aliphatic heterocycles. The second-order valence-corrected chi connectivity index (χ2v) is 1.89. The van der Waals surface area contributed by atoms with Crippen LogP contribution in [0.2, 0.25) is 0 Å². The summed E-state index contributed by atoms with van der Waals surface area (Å²) in [5.41, 5.74) is 1.21. The number of hydrogen-bond acceptors (Lipinski definition) is 1. The van der Waals surface area contributed by atoms with E-state index in [-0.39, 0.29) is 0 Å². The van der Waals surface area contributed by atoms with Crippen molar-refractivity contribution in [3.05, 3.63) is 24.0 Å². The Morgan fingerprint density at radius 1 is 1.50 bits per heavy atom. The van der Waals surface area contributed by atoms with Crippen molar-refractivity contribution < 1.29 is 4.74 Å². The lowest BCUT2D eigenvalue weighted by atomic mass is 10.3. The largest absolute Gasteiger partial charge is 0.497 e. The van der Waals surface area contributed by atoms with Crippen LogP contribution < -0.4 is 0 Å². The monoisotopic (exact) mass is 112 g/mol. The van der Waals surface area contributed by atoms with Gasteiger partial charge in [0, 0.05) is 0 Å². The maximum Gasteiger partial charge on any atom is 0.111 e. The van der Waals surface area contributed by atoms with Gasteiger partial charge in [0.25, 0.3) is 0 Å². The van der Waals surface area contributed by atoms with Gasteiger partial charge in [0.05, 0.1) is 7.11 Å². The van der Waals surface area contributed by atoms with Gasteiger partial charge in [-0.15, -0.1) is 0 Å². The summed E-state index contributed by atoms with van der Waals surface area (Å²) in [6, 6.07) is 0. The van der Waals surface area contributed by atoms with Gasteiger partial charge in [-0.25, -0.2) is 0 Å². The lowest BCUT2D eigenvalue weighted by Gasteiger charge is -1.95. The van der Waals surface area contributed by atoms with Crippen LogP contribution in [0, 0.1) is 0 Å². The van der Waals surface area contributed by atoms with E-state index in [4.69, 9.17) is 4.74 Å². The van der Waals surface area contributed by atoms with Gasteiger partial charge in [-0.3, -0.25) is 0 Å². The van der Waals surface area contributed by atoms with E-state index in [1.807, 2.05) is 19.9 Å². The minimum absolute atomic E-state index is 0.713. The van der Waals surface area contributed by atoms with Crippen LogP contribution in [-0.4, -0.2) is 7.11 Å². The van der Waals surface area contributed by atoms with E-state index in [1.54, 1.807) is 7.11 Å². The third kappa shape index (κ3) is 3.47. The summed E-state index contributed by atoms with van der Waals surface area (Å²) in [7, 11) is 1.61. The van der Waals surface area contributed by atoms with Crippen LogP contribution in [0.1, 0.15) is 13.8 Å². The Morgan fingerprint density at radius 2 is 2.00 bits per heavy atom. The molecule has 0 radical (unpaired) electrons. The molecule has 0 bridgehead atoms. The molecule has 0 rings (SSSR count). The second-order valence-electron chi connectivity index (χ2n) is 1.89. The molecule has 0 fully saturated rings. The maximum absolute atomic E-state index is 4.79. The Kier molecular flexibility index (Phi) is 3.01. The van der Waals surface area contributed by atoms with E-state index in [0.29, 0.717) is 5.76 Å². The molecule has 0 aromatic heterocycles. The molecule has 0 atom stereocenters. The molecule has 0 aromatic carbocycles. The van der Waals surface area contributed by atoms with Gasteiger partial charge < -0.3 is 4.74 Å². The summed E-state index contributed by atoms with van der Waals surface area (Å²) in [5.74, 6) is 0.713. The van der Waals surface area contributed by atoms with E-state index in [0.717, 1.165) is 0 Å². The van der Waals surface area contributed by atoms with Crippen LogP contribution in [0.5, 0.6) is 0 Å². The topological polar surface area (TPSA) is 9.23 Å². The van der Waals surface area contributed by atoms with E-state index in [9.17, 15) is 0 Å². The van der Waals surface area contributed by atoms with Gasteiger partial charge in [0.2, 0.25) is 0 Å². The fourth-order valence-corrected chi connectivity index (χ4v) is 0.381. The lowest BCUT2D eigenvalue weighted by molar-refractivity contribution is 0.308. The van der Waals surface area contributed by atoms with Gasteiger partial charge in [-0.05, 0) is 19.9 Å². The van der Waals surface area contributed by atoms with Crippen LogP contribution in [0.15, 0.2) is 24.0 Å². The first-order valence-electron chi connectivity index (χ1n) is 2.54. The molecule has 8 heavy (non-hydrogen) atoms. The molecule has 46 valence electrons. The van der Waals surface area contributed by atoms with Crippen molar-refractivity contribution in [2.45, 2.75) is 13.8 Å². The smallest absolute Gasteiger partial charge is 0.111 e. The maximum atomic E-state index is 4.79. The van der Waals surface area contributed by atoms with Crippen molar-refractivity contribution >= 4 is 0 Å². The van der Waals surface area contributed by atoms with Gasteiger partial charge in [-0.1, -0.05) is 12.2 Å². The Bertz CT molecular complexity index is 108. The first-order valence-corrected chi connectivity index (χ1v) is 2.54. The van der Waals surface area contributed by atoms with Crippen molar-refractivity contribution in [3.63, 3.8) is 0 Å². The molecule has 0 aromatic rings. The SMILES string of the molecule is C=C(C=C(C)C)OC. The summed E-state index contributed by atoms with van der Waals surface area (Å²) in [4.78, 5) is 0. The summed E-state index contributed by atoms with van der Waals surface area (Å²) < 4.78 is 4.79. The van der Waals surface area contributed by atoms with Crippen LogP contribution in [-0.2, 0) is 4.74 Å². The highest BCUT2D eigenvalue weighted by Crippen LogP contribution is 1.97. The quantitative estimate of drug-likeness (QED) is 0.392. The fraction of sp³-hybridized carbons (Fsp3) is 0.429. The molecule has 0 unspecified atom stereocenters. The van der Waals surface area contributed by atoms with E-state index < -0.39 is 0 Å². The highest BCUT2D eigenvalue weighted by atomic mass is 16.5. The van der Waals surface area contributed by atoms with E-state index in [2.05, 4.69) is 6.58 Å². The molecule has 0 amide bonds. The summed E-state index contributed by atoms with van der Waals surface area (Å²) in [6.07, 6.45) is 1.89. The van der Waals surface area contributed by atoms with Crippen molar-refractivity contribution in [2.75, 3.05) is 7.11 Å². The standard InChI is InChI=1S/C7H12O/c1-6(2)5-7(3)8-4/h5H,3H2,1-2,4H3. The lowest BCUT2D eigenvalue weighted by Crippen LogP contribution is -1.77. The van der Waals surface area contributed by atoms with Crippen LogP contribution in [0.3, 0.4) is 0 Å². The predicted octanol–water partition coefficient (Wildman–Crippen LogP) is 2.11. The van der Waals surface area contributed by atoms with Gasteiger partial charge in [-0.2, -0.15) is 0 Å². The van der Waals surface area contributed by atoms with Crippen LogP contribution in [0.25, 0.3) is 0 Å². The average molecular weight is 112 g/mol. The van der Waals surface area contributed by atoms with Crippen molar-refractivity contribution in [3.8, 4) is 0 Å². The van der Waals surface area contributed by atoms with Crippen LogP contribution >= 0.6 is 0 Å². The zero-order valence-electron chi connectivity index (χ0n) is 5.69. The molecule has 0 heterocycles. The van der Waals surface area contributed by atoms with Gasteiger partial charge in [0.1, 0.15) is 5.76 Å². The molecule has 0 spiro atoms. The molecular formula is C7H12O. The van der Waals surface area contributed by atoms with E-state index in [1.165, 1.54) is 5.57 Å². The second kappa shape index (κ2) is 3.30. The minimum atomic E-state index is 0.713. The molecular weight excluding hydrogens is 100 g/mol. The fourth-order valence-electron chi connectivity index (χ4n) is 0.381. The number of allylic oxidation sites excluding steroid dienone is 2. The molecule has 0 aliphatic rings. The predicted molar refractivity (Wildman–Crippen MR) is 35.6 cm³/mol. The van der Waals surface area contributed by atoms with Gasteiger partial charge >= 0.3 is 0 Å². The number of methoxy groups -OCH3 is 1. The Labute approximate surface area is 50.7 Å². The summed E-state index contributed by atoms with van der Waals surface area (Å²) >= 11 is 0. The first kappa shape index (κ1) is 7.28. The van der Waals surface area contributed by atoms with Gasteiger partial charge in [0.15, 0.2) is 0 Å². The van der Waals surface area contributed by atoms with Crippen molar-refractivity contribution in [1.82, 2.24) is 0 Å². The molecule has 1 nitrogen and oxygen atoms in total. The highest BCUT2D eigenvalue weighted by molar-refractivity contribution is 5.11. The Morgan fingerprint density at radius 3 is 2.12 bits per heavy atom. The molecule has 0 saturated heterocycles.